The summed E-state index contributed by atoms with van der Waals surface area (Å²) in [5.74, 6) is 0.210. The monoisotopic (exact) mass is 304 g/mol. The fourth-order valence-electron chi connectivity index (χ4n) is 1.31. The Bertz CT molecular complexity index is 438. The molecule has 0 spiro atoms. The topological polar surface area (TPSA) is 64.3 Å². The quantitative estimate of drug-likeness (QED) is 0.879. The Morgan fingerprint density at radius 1 is 1.37 bits per heavy atom. The number of hydrogen-bond donors (Lipinski definition) is 2. The van der Waals surface area contributed by atoms with Crippen LogP contribution in [0.2, 0.25) is 10.0 Å². The zero-order chi connectivity index (χ0) is 14.6. The van der Waals surface area contributed by atoms with Gasteiger partial charge < -0.3 is 15.8 Å². The van der Waals surface area contributed by atoms with Crippen molar-refractivity contribution in [2.24, 2.45) is 5.73 Å². The maximum atomic E-state index is 11.8. The fourth-order valence-corrected chi connectivity index (χ4v) is 1.82. The summed E-state index contributed by atoms with van der Waals surface area (Å²) >= 11 is 11.7. The molecular formula is C13H18Cl2N2O2. The number of amides is 1. The van der Waals surface area contributed by atoms with E-state index in [1.807, 2.05) is 13.8 Å². The average Bonchev–Trinajstić information content (AvgIpc) is 2.23. The number of nitrogens with two attached hydrogens (primary N) is 1. The van der Waals surface area contributed by atoms with E-state index in [1.165, 1.54) is 0 Å². The molecule has 1 rings (SSSR count). The van der Waals surface area contributed by atoms with E-state index in [-0.39, 0.29) is 5.91 Å². The summed E-state index contributed by atoms with van der Waals surface area (Å²) in [6.07, 6.45) is -0.656. The van der Waals surface area contributed by atoms with Gasteiger partial charge in [-0.15, -0.1) is 0 Å². The van der Waals surface area contributed by atoms with Crippen LogP contribution in [0.15, 0.2) is 18.2 Å². The minimum absolute atomic E-state index is 0.241. The number of halogens is 2. The lowest BCUT2D eigenvalue weighted by atomic mass is 10.1. The third-order valence-electron chi connectivity index (χ3n) is 2.24. The van der Waals surface area contributed by atoms with Gasteiger partial charge in [-0.2, -0.15) is 0 Å². The summed E-state index contributed by atoms with van der Waals surface area (Å²) in [6.45, 7) is 5.68. The van der Waals surface area contributed by atoms with Crippen LogP contribution in [-0.2, 0) is 4.79 Å². The van der Waals surface area contributed by atoms with Crippen molar-refractivity contribution in [1.29, 1.82) is 0 Å². The molecule has 1 aromatic carbocycles. The highest BCUT2D eigenvalue weighted by Crippen LogP contribution is 2.24. The maximum absolute atomic E-state index is 11.8. The van der Waals surface area contributed by atoms with Gasteiger partial charge in [0.05, 0.1) is 0 Å². The molecule has 4 nitrogen and oxygen atoms in total. The van der Waals surface area contributed by atoms with Crippen LogP contribution < -0.4 is 15.8 Å². The Hall–Kier alpha value is -0.970. The minimum atomic E-state index is -0.656. The van der Waals surface area contributed by atoms with Crippen molar-refractivity contribution >= 4 is 29.1 Å². The van der Waals surface area contributed by atoms with Crippen molar-refractivity contribution in [3.8, 4) is 5.75 Å². The summed E-state index contributed by atoms with van der Waals surface area (Å²) in [5.41, 5.74) is 5.32. The van der Waals surface area contributed by atoms with Gasteiger partial charge in [-0.25, -0.2) is 0 Å². The van der Waals surface area contributed by atoms with Gasteiger partial charge in [0.25, 0.3) is 5.91 Å². The predicted octanol–water partition coefficient (Wildman–Crippen LogP) is 2.61. The highest BCUT2D eigenvalue weighted by atomic mass is 35.5. The van der Waals surface area contributed by atoms with Crippen LogP contribution in [-0.4, -0.2) is 24.1 Å². The molecule has 0 aliphatic rings. The van der Waals surface area contributed by atoms with Gasteiger partial charge in [0.15, 0.2) is 6.10 Å². The van der Waals surface area contributed by atoms with E-state index in [9.17, 15) is 4.79 Å². The number of rotatable bonds is 5. The number of benzene rings is 1. The second kappa shape index (κ2) is 6.46. The molecule has 0 radical (unpaired) electrons. The molecule has 6 heteroatoms. The Morgan fingerprint density at radius 3 is 2.37 bits per heavy atom. The third-order valence-corrected chi connectivity index (χ3v) is 2.67. The Kier molecular flexibility index (Phi) is 5.47. The molecular weight excluding hydrogens is 287 g/mol. The molecule has 1 aromatic rings. The standard InChI is InChI=1S/C13H18Cl2N2O2/c1-8(12(18)17-7-13(2,3)16)19-11-5-9(14)4-10(15)6-11/h4-6,8H,7,16H2,1-3H3,(H,17,18). The van der Waals surface area contributed by atoms with Crippen molar-refractivity contribution in [2.75, 3.05) is 6.54 Å². The summed E-state index contributed by atoms with van der Waals surface area (Å²) in [6, 6.07) is 4.80. The molecule has 0 aliphatic heterocycles. The second-order valence-corrected chi connectivity index (χ2v) is 5.94. The van der Waals surface area contributed by atoms with Crippen LogP contribution in [0.5, 0.6) is 5.75 Å². The van der Waals surface area contributed by atoms with Crippen molar-refractivity contribution in [3.05, 3.63) is 28.2 Å². The van der Waals surface area contributed by atoms with Crippen molar-refractivity contribution in [3.63, 3.8) is 0 Å². The van der Waals surface area contributed by atoms with E-state index in [1.54, 1.807) is 25.1 Å². The molecule has 0 aromatic heterocycles. The summed E-state index contributed by atoms with van der Waals surface area (Å²) in [7, 11) is 0. The number of carbonyl (C=O) groups is 1. The lowest BCUT2D eigenvalue weighted by molar-refractivity contribution is -0.127. The zero-order valence-electron chi connectivity index (χ0n) is 11.2. The van der Waals surface area contributed by atoms with Gasteiger partial charge in [-0.1, -0.05) is 23.2 Å². The van der Waals surface area contributed by atoms with E-state index in [4.69, 9.17) is 33.7 Å². The van der Waals surface area contributed by atoms with Crippen LogP contribution in [0, 0.1) is 0 Å². The van der Waals surface area contributed by atoms with Crippen LogP contribution >= 0.6 is 23.2 Å². The van der Waals surface area contributed by atoms with Gasteiger partial charge in [-0.3, -0.25) is 4.79 Å². The number of hydrogen-bond acceptors (Lipinski definition) is 3. The number of carbonyl (C=O) groups excluding carboxylic acids is 1. The number of nitrogens with one attached hydrogen (secondary N) is 1. The molecule has 3 N–H and O–H groups in total. The second-order valence-electron chi connectivity index (χ2n) is 5.07. The van der Waals surface area contributed by atoms with E-state index in [0.717, 1.165) is 0 Å². The molecule has 19 heavy (non-hydrogen) atoms. The first-order chi connectivity index (χ1) is 8.67. The van der Waals surface area contributed by atoms with Crippen molar-refractivity contribution in [1.82, 2.24) is 5.32 Å². The van der Waals surface area contributed by atoms with Crippen molar-refractivity contribution < 1.29 is 9.53 Å². The minimum Gasteiger partial charge on any atom is -0.481 e. The molecule has 0 fully saturated rings. The van der Waals surface area contributed by atoms with E-state index in [2.05, 4.69) is 5.32 Å². The van der Waals surface area contributed by atoms with Crippen LogP contribution in [0.1, 0.15) is 20.8 Å². The first-order valence-corrected chi connectivity index (χ1v) is 6.62. The van der Waals surface area contributed by atoms with Gasteiger partial charge in [0.1, 0.15) is 5.75 Å². The first kappa shape index (κ1) is 16.1. The predicted molar refractivity (Wildman–Crippen MR) is 77.8 cm³/mol. The summed E-state index contributed by atoms with van der Waals surface area (Å²) in [5, 5.41) is 3.63. The Balaban J connectivity index is 2.58. The molecule has 0 aliphatic carbocycles. The normalized spacial score (nSPS) is 12.9. The molecule has 1 amide bonds. The highest BCUT2D eigenvalue weighted by molar-refractivity contribution is 6.34. The van der Waals surface area contributed by atoms with Crippen LogP contribution in [0.3, 0.4) is 0 Å². The smallest absolute Gasteiger partial charge is 0.260 e. The highest BCUT2D eigenvalue weighted by Gasteiger charge is 2.18. The lowest BCUT2D eigenvalue weighted by Crippen LogP contribution is -2.48. The molecule has 1 unspecified atom stereocenters. The summed E-state index contributed by atoms with van der Waals surface area (Å²) in [4.78, 5) is 11.8. The van der Waals surface area contributed by atoms with Gasteiger partial charge in [0.2, 0.25) is 0 Å². The maximum Gasteiger partial charge on any atom is 0.260 e. The van der Waals surface area contributed by atoms with E-state index in [0.29, 0.717) is 22.3 Å². The van der Waals surface area contributed by atoms with E-state index < -0.39 is 11.6 Å². The van der Waals surface area contributed by atoms with Crippen molar-refractivity contribution in [2.45, 2.75) is 32.4 Å². The molecule has 1 atom stereocenters. The fraction of sp³-hybridized carbons (Fsp3) is 0.462. The zero-order valence-corrected chi connectivity index (χ0v) is 12.7. The van der Waals surface area contributed by atoms with Gasteiger partial charge >= 0.3 is 0 Å². The Labute approximate surface area is 123 Å². The third kappa shape index (κ3) is 6.14. The largest absolute Gasteiger partial charge is 0.481 e. The van der Waals surface area contributed by atoms with Gasteiger partial charge in [-0.05, 0) is 39.0 Å². The number of ether oxygens (including phenoxy) is 1. The molecule has 0 bridgehead atoms. The Morgan fingerprint density at radius 2 is 1.89 bits per heavy atom. The SMILES string of the molecule is CC(Oc1cc(Cl)cc(Cl)c1)C(=O)NCC(C)(C)N. The van der Waals surface area contributed by atoms with Crippen LogP contribution in [0.25, 0.3) is 0 Å². The van der Waals surface area contributed by atoms with Gasteiger partial charge in [0, 0.05) is 22.1 Å². The lowest BCUT2D eigenvalue weighted by Gasteiger charge is -2.21. The first-order valence-electron chi connectivity index (χ1n) is 5.87. The van der Waals surface area contributed by atoms with E-state index >= 15 is 0 Å². The van der Waals surface area contributed by atoms with Crippen LogP contribution in [0.4, 0.5) is 0 Å². The summed E-state index contributed by atoms with van der Waals surface area (Å²) < 4.78 is 5.48. The molecule has 0 heterocycles. The molecule has 106 valence electrons. The molecule has 0 saturated carbocycles. The molecule has 0 saturated heterocycles. The average molecular weight is 305 g/mol.